The van der Waals surface area contributed by atoms with Crippen molar-refractivity contribution in [1.29, 1.82) is 0 Å². The maximum Gasteiger partial charge on any atom is 0.306 e. The van der Waals surface area contributed by atoms with Crippen LogP contribution in [0.25, 0.3) is 0 Å². The Hall–Kier alpha value is -1.60. The molecule has 184 valence electrons. The van der Waals surface area contributed by atoms with Crippen molar-refractivity contribution in [3.8, 4) is 5.75 Å². The SMILES string of the molecule is CC(C)OC(=O)CCC[C@H]1CC[C@@H]2[C@@H](C=C[C@@H](O)COc3ccccc3Cl)[C@H](O)C[C@@H]2OC1. The largest absolute Gasteiger partial charge is 0.489 e. The minimum absolute atomic E-state index is 0.0297. The van der Waals surface area contributed by atoms with E-state index in [2.05, 4.69) is 0 Å². The molecule has 0 spiro atoms. The van der Waals surface area contributed by atoms with Crippen molar-refractivity contribution in [2.45, 2.75) is 76.8 Å². The van der Waals surface area contributed by atoms with Crippen molar-refractivity contribution in [2.24, 2.45) is 17.8 Å². The standard InChI is InChI=1S/C26H37ClO6/c1-17(2)33-26(30)9-5-6-18-10-12-21-20(23(29)14-25(21)31-15-18)13-11-19(28)16-32-24-8-4-3-7-22(24)27/h3-4,7-8,11,13,17-21,23,25,28-29H,5-6,9-10,12,14-16H2,1-2H3/t18-,19+,20+,21+,23+,25-/m0/s1. The van der Waals surface area contributed by atoms with Crippen LogP contribution in [0.4, 0.5) is 0 Å². The lowest BCUT2D eigenvalue weighted by Gasteiger charge is -2.21. The van der Waals surface area contributed by atoms with Crippen LogP contribution in [-0.4, -0.2) is 53.8 Å². The average molecular weight is 481 g/mol. The molecule has 1 aromatic rings. The number of aliphatic hydroxyl groups excluding tert-OH is 2. The van der Waals surface area contributed by atoms with Crippen LogP contribution in [0, 0.1) is 17.8 Å². The number of benzene rings is 1. The third-order valence-corrected chi connectivity index (χ3v) is 6.82. The zero-order chi connectivity index (χ0) is 23.8. The molecule has 1 heterocycles. The molecule has 1 saturated carbocycles. The van der Waals surface area contributed by atoms with Gasteiger partial charge in [0.1, 0.15) is 18.5 Å². The molecule has 6 nitrogen and oxygen atoms in total. The van der Waals surface area contributed by atoms with Gasteiger partial charge in [-0.3, -0.25) is 4.79 Å². The lowest BCUT2D eigenvalue weighted by Crippen LogP contribution is -2.22. The predicted octanol–water partition coefficient (Wildman–Crippen LogP) is 4.55. The lowest BCUT2D eigenvalue weighted by atomic mass is 9.86. The van der Waals surface area contributed by atoms with Gasteiger partial charge in [0.05, 0.1) is 23.3 Å². The fourth-order valence-corrected chi connectivity index (χ4v) is 5.04. The van der Waals surface area contributed by atoms with Crippen LogP contribution in [0.2, 0.25) is 5.02 Å². The molecule has 0 bridgehead atoms. The smallest absolute Gasteiger partial charge is 0.306 e. The highest BCUT2D eigenvalue weighted by Crippen LogP contribution is 2.42. The average Bonchev–Trinajstić information content (AvgIpc) is 2.92. The summed E-state index contributed by atoms with van der Waals surface area (Å²) in [5.41, 5.74) is 0. The minimum Gasteiger partial charge on any atom is -0.489 e. The summed E-state index contributed by atoms with van der Waals surface area (Å²) in [6, 6.07) is 7.15. The van der Waals surface area contributed by atoms with Crippen LogP contribution in [0.3, 0.4) is 0 Å². The van der Waals surface area contributed by atoms with Gasteiger partial charge in [-0.15, -0.1) is 0 Å². The van der Waals surface area contributed by atoms with Gasteiger partial charge in [-0.1, -0.05) is 35.9 Å². The predicted molar refractivity (Wildman–Crippen MR) is 127 cm³/mol. The van der Waals surface area contributed by atoms with Gasteiger partial charge in [0.15, 0.2) is 0 Å². The summed E-state index contributed by atoms with van der Waals surface area (Å²) in [4.78, 5) is 11.7. The van der Waals surface area contributed by atoms with E-state index in [9.17, 15) is 15.0 Å². The summed E-state index contributed by atoms with van der Waals surface area (Å²) in [5, 5.41) is 21.4. The summed E-state index contributed by atoms with van der Waals surface area (Å²) in [6.07, 6.45) is 7.08. The van der Waals surface area contributed by atoms with E-state index < -0.39 is 12.2 Å². The number of aliphatic hydroxyl groups is 2. The number of carbonyl (C=O) groups excluding carboxylic acids is 1. The number of hydrogen-bond acceptors (Lipinski definition) is 6. The van der Waals surface area contributed by atoms with Gasteiger partial charge in [-0.25, -0.2) is 0 Å². The summed E-state index contributed by atoms with van der Waals surface area (Å²) in [6.45, 7) is 4.48. The fraction of sp³-hybridized carbons (Fsp3) is 0.654. The topological polar surface area (TPSA) is 85.2 Å². The van der Waals surface area contributed by atoms with Crippen LogP contribution in [0.15, 0.2) is 36.4 Å². The van der Waals surface area contributed by atoms with Gasteiger partial charge in [-0.2, -0.15) is 0 Å². The monoisotopic (exact) mass is 480 g/mol. The van der Waals surface area contributed by atoms with Crippen LogP contribution >= 0.6 is 11.6 Å². The highest BCUT2D eigenvalue weighted by atomic mass is 35.5. The molecule has 0 unspecified atom stereocenters. The summed E-state index contributed by atoms with van der Waals surface area (Å²) >= 11 is 6.08. The van der Waals surface area contributed by atoms with Crippen molar-refractivity contribution in [2.75, 3.05) is 13.2 Å². The molecule has 1 aromatic carbocycles. The van der Waals surface area contributed by atoms with Gasteiger partial charge in [-0.05, 0) is 63.5 Å². The Morgan fingerprint density at radius 3 is 2.85 bits per heavy atom. The fourth-order valence-electron chi connectivity index (χ4n) is 4.85. The first-order valence-electron chi connectivity index (χ1n) is 12.1. The number of halogens is 1. The zero-order valence-electron chi connectivity index (χ0n) is 19.6. The normalized spacial score (nSPS) is 28.5. The molecule has 2 aliphatic rings. The van der Waals surface area contributed by atoms with Crippen molar-refractivity contribution in [3.63, 3.8) is 0 Å². The van der Waals surface area contributed by atoms with E-state index in [0.717, 1.165) is 25.7 Å². The van der Waals surface area contributed by atoms with Crippen LogP contribution < -0.4 is 4.74 Å². The quantitative estimate of drug-likeness (QED) is 0.377. The zero-order valence-corrected chi connectivity index (χ0v) is 20.3. The number of rotatable bonds is 10. The maximum absolute atomic E-state index is 11.7. The van der Waals surface area contributed by atoms with Gasteiger partial charge in [0.25, 0.3) is 0 Å². The molecular formula is C26H37ClO6. The van der Waals surface area contributed by atoms with Gasteiger partial charge >= 0.3 is 5.97 Å². The molecule has 1 saturated heterocycles. The molecule has 6 atom stereocenters. The molecule has 2 fully saturated rings. The number of fused-ring (bicyclic) bond motifs is 1. The van der Waals surface area contributed by atoms with E-state index in [4.69, 9.17) is 25.8 Å². The van der Waals surface area contributed by atoms with Crippen LogP contribution in [0.1, 0.15) is 52.4 Å². The Kier molecular flexibility index (Phi) is 10.0. The van der Waals surface area contributed by atoms with E-state index in [-0.39, 0.29) is 36.6 Å². The number of esters is 1. The highest BCUT2D eigenvalue weighted by Gasteiger charge is 2.43. The first-order chi connectivity index (χ1) is 15.8. The first kappa shape index (κ1) is 26.0. The first-order valence-corrected chi connectivity index (χ1v) is 12.4. The summed E-state index contributed by atoms with van der Waals surface area (Å²) < 4.78 is 17.0. The summed E-state index contributed by atoms with van der Waals surface area (Å²) in [7, 11) is 0. The van der Waals surface area contributed by atoms with Crippen LogP contribution in [0.5, 0.6) is 5.75 Å². The highest BCUT2D eigenvalue weighted by molar-refractivity contribution is 6.32. The molecule has 2 N–H and O–H groups in total. The molecule has 3 rings (SSSR count). The Balaban J connectivity index is 1.46. The molecular weight excluding hydrogens is 444 g/mol. The number of hydrogen-bond donors (Lipinski definition) is 2. The van der Waals surface area contributed by atoms with Gasteiger partial charge in [0.2, 0.25) is 0 Å². The molecule has 33 heavy (non-hydrogen) atoms. The molecule has 7 heteroatoms. The van der Waals surface area contributed by atoms with Crippen LogP contribution in [-0.2, 0) is 14.3 Å². The maximum atomic E-state index is 11.7. The second kappa shape index (κ2) is 12.7. The van der Waals surface area contributed by atoms with E-state index in [1.165, 1.54) is 0 Å². The number of para-hydroxylation sites is 1. The summed E-state index contributed by atoms with van der Waals surface area (Å²) in [5.74, 6) is 0.988. The van der Waals surface area contributed by atoms with E-state index in [0.29, 0.717) is 36.1 Å². The Morgan fingerprint density at radius 1 is 1.30 bits per heavy atom. The lowest BCUT2D eigenvalue weighted by molar-refractivity contribution is -0.147. The Bertz CT molecular complexity index is 782. The Morgan fingerprint density at radius 2 is 2.09 bits per heavy atom. The van der Waals surface area contributed by atoms with Crippen molar-refractivity contribution < 1.29 is 29.2 Å². The van der Waals surface area contributed by atoms with Crippen molar-refractivity contribution >= 4 is 17.6 Å². The van der Waals surface area contributed by atoms with E-state index >= 15 is 0 Å². The van der Waals surface area contributed by atoms with Crippen molar-refractivity contribution in [3.05, 3.63) is 41.4 Å². The third-order valence-electron chi connectivity index (χ3n) is 6.51. The second-order valence-corrected chi connectivity index (χ2v) is 9.89. The molecule has 1 aliphatic carbocycles. The molecule has 0 aromatic heterocycles. The number of ether oxygens (including phenoxy) is 3. The third kappa shape index (κ3) is 7.99. The molecule has 0 amide bonds. The van der Waals surface area contributed by atoms with E-state index in [1.54, 1.807) is 18.2 Å². The van der Waals surface area contributed by atoms with E-state index in [1.807, 2.05) is 32.1 Å². The van der Waals surface area contributed by atoms with Gasteiger partial charge < -0.3 is 24.4 Å². The minimum atomic E-state index is -0.794. The number of carbonyl (C=O) groups is 1. The Labute approximate surface area is 201 Å². The molecule has 0 radical (unpaired) electrons. The van der Waals surface area contributed by atoms with Gasteiger partial charge in [0, 0.05) is 25.4 Å². The molecule has 1 aliphatic heterocycles. The van der Waals surface area contributed by atoms with Crippen molar-refractivity contribution in [1.82, 2.24) is 0 Å². The second-order valence-electron chi connectivity index (χ2n) is 9.48.